The molecule has 2 aromatic rings. The number of nitrogens with one attached hydrogen (secondary N) is 1. The molecule has 1 fully saturated rings. The number of carbonyl (C=O) groups is 2. The Hall–Kier alpha value is -2.41. The average molecular weight is 329 g/mol. The molecule has 1 aliphatic heterocycles. The Labute approximate surface area is 140 Å². The minimum absolute atomic E-state index is 0.0157. The standard InChI is InChI=1S/C17H23N5O2/c1-10(2)19-16(23)14-8-11(18)9-22(14)17(24)15-12-6-4-5-7-13(12)21(3)20-15/h4-7,10-11,14H,8-9,18H2,1-3H3,(H,19,23)/t11-,14-/m0/s1. The molecule has 0 spiro atoms. The Balaban J connectivity index is 1.93. The lowest BCUT2D eigenvalue weighted by Gasteiger charge is -2.24. The van der Waals surface area contributed by atoms with Crippen LogP contribution in [0.4, 0.5) is 0 Å². The molecule has 2 heterocycles. The second kappa shape index (κ2) is 6.24. The maximum atomic E-state index is 13.0. The Morgan fingerprint density at radius 3 is 2.75 bits per heavy atom. The van der Waals surface area contributed by atoms with Gasteiger partial charge in [0.25, 0.3) is 5.91 Å². The van der Waals surface area contributed by atoms with E-state index < -0.39 is 6.04 Å². The van der Waals surface area contributed by atoms with E-state index >= 15 is 0 Å². The second-order valence-corrected chi connectivity index (χ2v) is 6.62. The van der Waals surface area contributed by atoms with Crippen LogP contribution in [0.5, 0.6) is 0 Å². The van der Waals surface area contributed by atoms with Gasteiger partial charge in [-0.25, -0.2) is 0 Å². The fraction of sp³-hybridized carbons (Fsp3) is 0.471. The zero-order valence-corrected chi connectivity index (χ0v) is 14.2. The van der Waals surface area contributed by atoms with E-state index in [-0.39, 0.29) is 23.9 Å². The van der Waals surface area contributed by atoms with Crippen LogP contribution in [-0.4, -0.2) is 51.2 Å². The molecule has 3 N–H and O–H groups in total. The minimum Gasteiger partial charge on any atom is -0.352 e. The number of hydrogen-bond donors (Lipinski definition) is 2. The molecule has 24 heavy (non-hydrogen) atoms. The predicted octanol–water partition coefficient (Wildman–Crippen LogP) is 0.640. The van der Waals surface area contributed by atoms with Gasteiger partial charge in [0.15, 0.2) is 5.69 Å². The minimum atomic E-state index is -0.546. The summed E-state index contributed by atoms with van der Waals surface area (Å²) in [4.78, 5) is 27.0. The molecular weight excluding hydrogens is 306 g/mol. The van der Waals surface area contributed by atoms with Crippen LogP contribution in [-0.2, 0) is 11.8 Å². The third-order valence-corrected chi connectivity index (χ3v) is 4.29. The number of para-hydroxylation sites is 1. The van der Waals surface area contributed by atoms with Gasteiger partial charge in [0, 0.05) is 31.1 Å². The molecule has 3 rings (SSSR count). The number of likely N-dealkylation sites (tertiary alicyclic amines) is 1. The van der Waals surface area contributed by atoms with Crippen LogP contribution in [0.3, 0.4) is 0 Å². The van der Waals surface area contributed by atoms with Gasteiger partial charge in [-0.2, -0.15) is 5.10 Å². The van der Waals surface area contributed by atoms with Gasteiger partial charge in [0.2, 0.25) is 5.91 Å². The molecule has 0 unspecified atom stereocenters. The molecule has 7 heteroatoms. The van der Waals surface area contributed by atoms with Crippen molar-refractivity contribution in [2.24, 2.45) is 12.8 Å². The van der Waals surface area contributed by atoms with Gasteiger partial charge < -0.3 is 16.0 Å². The highest BCUT2D eigenvalue weighted by molar-refractivity contribution is 6.06. The molecule has 1 aromatic carbocycles. The number of aryl methyl sites for hydroxylation is 1. The van der Waals surface area contributed by atoms with Gasteiger partial charge in [0.1, 0.15) is 6.04 Å². The topological polar surface area (TPSA) is 93.2 Å². The van der Waals surface area contributed by atoms with E-state index in [4.69, 9.17) is 5.73 Å². The smallest absolute Gasteiger partial charge is 0.275 e. The molecule has 128 valence electrons. The number of nitrogens with two attached hydrogens (primary N) is 1. The van der Waals surface area contributed by atoms with Crippen molar-refractivity contribution in [1.82, 2.24) is 20.0 Å². The van der Waals surface area contributed by atoms with Crippen LogP contribution in [0.25, 0.3) is 10.9 Å². The highest BCUT2D eigenvalue weighted by Gasteiger charge is 2.39. The monoisotopic (exact) mass is 329 g/mol. The van der Waals surface area contributed by atoms with E-state index in [9.17, 15) is 9.59 Å². The fourth-order valence-corrected chi connectivity index (χ4v) is 3.23. The average Bonchev–Trinajstić information content (AvgIpc) is 3.08. The molecule has 2 atom stereocenters. The summed E-state index contributed by atoms with van der Waals surface area (Å²) in [5, 5.41) is 8.02. The molecule has 7 nitrogen and oxygen atoms in total. The van der Waals surface area contributed by atoms with Crippen molar-refractivity contribution < 1.29 is 9.59 Å². The zero-order valence-electron chi connectivity index (χ0n) is 14.2. The van der Waals surface area contributed by atoms with Crippen molar-refractivity contribution in [3.63, 3.8) is 0 Å². The Bertz CT molecular complexity index is 782. The molecule has 1 saturated heterocycles. The van der Waals surface area contributed by atoms with E-state index in [2.05, 4.69) is 10.4 Å². The van der Waals surface area contributed by atoms with Gasteiger partial charge in [0.05, 0.1) is 5.52 Å². The van der Waals surface area contributed by atoms with E-state index in [0.29, 0.717) is 18.7 Å². The number of aromatic nitrogens is 2. The van der Waals surface area contributed by atoms with E-state index in [0.717, 1.165) is 10.9 Å². The summed E-state index contributed by atoms with van der Waals surface area (Å²) in [5.74, 6) is -0.407. The van der Waals surface area contributed by atoms with Gasteiger partial charge in [-0.15, -0.1) is 0 Å². The highest BCUT2D eigenvalue weighted by atomic mass is 16.2. The van der Waals surface area contributed by atoms with E-state index in [1.807, 2.05) is 38.1 Å². The van der Waals surface area contributed by atoms with Crippen molar-refractivity contribution in [2.75, 3.05) is 6.54 Å². The van der Waals surface area contributed by atoms with Crippen LogP contribution in [0.15, 0.2) is 24.3 Å². The fourth-order valence-electron chi connectivity index (χ4n) is 3.23. The molecule has 1 aliphatic rings. The number of benzene rings is 1. The lowest BCUT2D eigenvalue weighted by Crippen LogP contribution is -2.47. The molecular formula is C17H23N5O2. The summed E-state index contributed by atoms with van der Waals surface area (Å²) in [6.07, 6.45) is 0.467. The molecule has 1 aromatic heterocycles. The number of hydrogen-bond acceptors (Lipinski definition) is 4. The first-order chi connectivity index (χ1) is 11.4. The Morgan fingerprint density at radius 2 is 2.04 bits per heavy atom. The Morgan fingerprint density at radius 1 is 1.33 bits per heavy atom. The summed E-state index contributed by atoms with van der Waals surface area (Å²) in [5.41, 5.74) is 7.27. The SMILES string of the molecule is CC(C)NC(=O)[C@@H]1C[C@H](N)CN1C(=O)c1nn(C)c2ccccc12. The van der Waals surface area contributed by atoms with Crippen molar-refractivity contribution in [3.8, 4) is 0 Å². The number of rotatable bonds is 3. The second-order valence-electron chi connectivity index (χ2n) is 6.62. The van der Waals surface area contributed by atoms with Crippen LogP contribution in [0.2, 0.25) is 0 Å². The van der Waals surface area contributed by atoms with Gasteiger partial charge in [-0.1, -0.05) is 18.2 Å². The first kappa shape index (κ1) is 16.4. The van der Waals surface area contributed by atoms with E-state index in [1.165, 1.54) is 0 Å². The summed E-state index contributed by atoms with van der Waals surface area (Å²) >= 11 is 0. The zero-order chi connectivity index (χ0) is 17.4. The molecule has 2 amide bonds. The summed E-state index contributed by atoms with van der Waals surface area (Å²) in [7, 11) is 1.80. The maximum absolute atomic E-state index is 13.0. The Kier molecular flexibility index (Phi) is 4.28. The van der Waals surface area contributed by atoms with Crippen LogP contribution >= 0.6 is 0 Å². The largest absolute Gasteiger partial charge is 0.352 e. The third-order valence-electron chi connectivity index (χ3n) is 4.29. The summed E-state index contributed by atoms with van der Waals surface area (Å²) < 4.78 is 1.68. The first-order valence-corrected chi connectivity index (χ1v) is 8.17. The quantitative estimate of drug-likeness (QED) is 0.864. The summed E-state index contributed by atoms with van der Waals surface area (Å²) in [6.45, 7) is 4.15. The highest BCUT2D eigenvalue weighted by Crippen LogP contribution is 2.24. The van der Waals surface area contributed by atoms with Crippen LogP contribution < -0.4 is 11.1 Å². The number of fused-ring (bicyclic) bond motifs is 1. The third kappa shape index (κ3) is 2.87. The van der Waals surface area contributed by atoms with Crippen LogP contribution in [0, 0.1) is 0 Å². The number of amides is 2. The first-order valence-electron chi connectivity index (χ1n) is 8.17. The summed E-state index contributed by atoms with van der Waals surface area (Å²) in [6, 6.07) is 6.83. The van der Waals surface area contributed by atoms with Gasteiger partial charge in [-0.05, 0) is 26.3 Å². The maximum Gasteiger partial charge on any atom is 0.275 e. The van der Waals surface area contributed by atoms with Crippen molar-refractivity contribution in [3.05, 3.63) is 30.0 Å². The lowest BCUT2D eigenvalue weighted by molar-refractivity contribution is -0.125. The molecule has 0 aliphatic carbocycles. The lowest BCUT2D eigenvalue weighted by atomic mass is 10.1. The normalized spacial score (nSPS) is 20.8. The molecule has 0 bridgehead atoms. The number of nitrogens with zero attached hydrogens (tertiary/aromatic N) is 3. The van der Waals surface area contributed by atoms with Crippen molar-refractivity contribution in [2.45, 2.75) is 38.4 Å². The molecule has 0 radical (unpaired) electrons. The predicted molar refractivity (Wildman–Crippen MR) is 91.4 cm³/mol. The van der Waals surface area contributed by atoms with Gasteiger partial charge >= 0.3 is 0 Å². The van der Waals surface area contributed by atoms with Crippen molar-refractivity contribution in [1.29, 1.82) is 0 Å². The number of carbonyl (C=O) groups excluding carboxylic acids is 2. The van der Waals surface area contributed by atoms with Crippen molar-refractivity contribution >= 4 is 22.7 Å². The van der Waals surface area contributed by atoms with Crippen LogP contribution in [0.1, 0.15) is 30.8 Å². The van der Waals surface area contributed by atoms with Gasteiger partial charge in [-0.3, -0.25) is 14.3 Å². The van der Waals surface area contributed by atoms with E-state index in [1.54, 1.807) is 16.6 Å². The molecule has 0 saturated carbocycles.